The SMILES string of the molecule is Nc1ccc(SCCCC2CCCO2)nc1. The van der Waals surface area contributed by atoms with E-state index in [1.807, 2.05) is 12.1 Å². The molecule has 0 bridgehead atoms. The second-order valence-electron chi connectivity index (χ2n) is 4.06. The minimum Gasteiger partial charge on any atom is -0.397 e. The number of hydrogen-bond donors (Lipinski definition) is 1. The number of nitrogens with two attached hydrogens (primary N) is 1. The predicted molar refractivity (Wildman–Crippen MR) is 67.6 cm³/mol. The monoisotopic (exact) mass is 238 g/mol. The number of ether oxygens (including phenoxy) is 1. The van der Waals surface area contributed by atoms with Gasteiger partial charge in [0, 0.05) is 6.61 Å². The van der Waals surface area contributed by atoms with Gasteiger partial charge in [0.1, 0.15) is 0 Å². The van der Waals surface area contributed by atoms with Gasteiger partial charge in [0.05, 0.1) is 23.0 Å². The molecular formula is C12H18N2OS. The molecule has 3 nitrogen and oxygen atoms in total. The molecule has 2 N–H and O–H groups in total. The molecule has 16 heavy (non-hydrogen) atoms. The molecule has 4 heteroatoms. The number of rotatable bonds is 5. The molecule has 1 aromatic heterocycles. The van der Waals surface area contributed by atoms with Crippen molar-refractivity contribution in [2.75, 3.05) is 18.1 Å². The zero-order chi connectivity index (χ0) is 11.2. The highest BCUT2D eigenvalue weighted by atomic mass is 32.2. The van der Waals surface area contributed by atoms with Gasteiger partial charge in [-0.05, 0) is 43.6 Å². The second kappa shape index (κ2) is 6.11. The van der Waals surface area contributed by atoms with Gasteiger partial charge < -0.3 is 10.5 Å². The first-order valence-corrected chi connectivity index (χ1v) is 6.79. The van der Waals surface area contributed by atoms with Gasteiger partial charge in [-0.1, -0.05) is 0 Å². The van der Waals surface area contributed by atoms with Crippen LogP contribution in [0.3, 0.4) is 0 Å². The van der Waals surface area contributed by atoms with Gasteiger partial charge in [-0.25, -0.2) is 4.98 Å². The minimum absolute atomic E-state index is 0.514. The molecule has 0 saturated carbocycles. The fraction of sp³-hybridized carbons (Fsp3) is 0.583. The van der Waals surface area contributed by atoms with E-state index < -0.39 is 0 Å². The molecule has 1 aliphatic heterocycles. The van der Waals surface area contributed by atoms with Crippen LogP contribution in [-0.2, 0) is 4.74 Å². The van der Waals surface area contributed by atoms with E-state index in [-0.39, 0.29) is 0 Å². The molecule has 0 aliphatic carbocycles. The zero-order valence-electron chi connectivity index (χ0n) is 9.39. The van der Waals surface area contributed by atoms with Gasteiger partial charge in [0.15, 0.2) is 0 Å². The number of anilines is 1. The second-order valence-corrected chi connectivity index (χ2v) is 5.17. The summed E-state index contributed by atoms with van der Waals surface area (Å²) >= 11 is 1.79. The third kappa shape index (κ3) is 3.68. The van der Waals surface area contributed by atoms with E-state index in [4.69, 9.17) is 10.5 Å². The fourth-order valence-corrected chi connectivity index (χ4v) is 2.65. The van der Waals surface area contributed by atoms with Crippen molar-refractivity contribution in [3.63, 3.8) is 0 Å². The first-order chi connectivity index (χ1) is 7.84. The minimum atomic E-state index is 0.514. The Labute approximate surface area is 101 Å². The van der Waals surface area contributed by atoms with Crippen molar-refractivity contribution in [3.05, 3.63) is 18.3 Å². The van der Waals surface area contributed by atoms with E-state index >= 15 is 0 Å². The van der Waals surface area contributed by atoms with E-state index in [0.717, 1.165) is 23.1 Å². The third-order valence-corrected chi connectivity index (χ3v) is 3.73. The van der Waals surface area contributed by atoms with Gasteiger partial charge in [0.2, 0.25) is 0 Å². The van der Waals surface area contributed by atoms with Crippen LogP contribution in [0, 0.1) is 0 Å². The largest absolute Gasteiger partial charge is 0.397 e. The summed E-state index contributed by atoms with van der Waals surface area (Å²) in [6.45, 7) is 0.956. The number of nitrogens with zero attached hydrogens (tertiary/aromatic N) is 1. The lowest BCUT2D eigenvalue weighted by molar-refractivity contribution is 0.104. The Kier molecular flexibility index (Phi) is 4.48. The standard InChI is InChI=1S/C12H18N2OS/c13-10-5-6-12(14-9-10)16-8-2-4-11-3-1-7-15-11/h5-6,9,11H,1-4,7-8,13H2. The van der Waals surface area contributed by atoms with E-state index in [2.05, 4.69) is 4.98 Å². The van der Waals surface area contributed by atoms with Crippen LogP contribution in [0.1, 0.15) is 25.7 Å². The molecule has 0 spiro atoms. The molecule has 0 radical (unpaired) electrons. The van der Waals surface area contributed by atoms with Crippen molar-refractivity contribution in [2.24, 2.45) is 0 Å². The highest BCUT2D eigenvalue weighted by Gasteiger charge is 2.14. The summed E-state index contributed by atoms with van der Waals surface area (Å²) in [5, 5.41) is 1.06. The summed E-state index contributed by atoms with van der Waals surface area (Å²) in [5.74, 6) is 1.11. The lowest BCUT2D eigenvalue weighted by Gasteiger charge is -2.08. The smallest absolute Gasteiger partial charge is 0.0961 e. The van der Waals surface area contributed by atoms with E-state index in [9.17, 15) is 0 Å². The first-order valence-electron chi connectivity index (χ1n) is 5.80. The van der Waals surface area contributed by atoms with Gasteiger partial charge in [0.25, 0.3) is 0 Å². The van der Waals surface area contributed by atoms with Crippen LogP contribution >= 0.6 is 11.8 Å². The fourth-order valence-electron chi connectivity index (χ4n) is 1.84. The van der Waals surface area contributed by atoms with Gasteiger partial charge in [-0.3, -0.25) is 0 Å². The van der Waals surface area contributed by atoms with E-state index in [1.54, 1.807) is 18.0 Å². The summed E-state index contributed by atoms with van der Waals surface area (Å²) in [6, 6.07) is 3.88. The molecule has 1 unspecified atom stereocenters. The molecule has 1 fully saturated rings. The maximum absolute atomic E-state index is 5.58. The zero-order valence-corrected chi connectivity index (χ0v) is 10.2. The van der Waals surface area contributed by atoms with Gasteiger partial charge in [-0.2, -0.15) is 0 Å². The van der Waals surface area contributed by atoms with Crippen molar-refractivity contribution < 1.29 is 4.74 Å². The maximum atomic E-state index is 5.58. The Morgan fingerprint density at radius 2 is 2.44 bits per heavy atom. The van der Waals surface area contributed by atoms with Crippen LogP contribution in [0.25, 0.3) is 0 Å². The lowest BCUT2D eigenvalue weighted by atomic mass is 10.1. The van der Waals surface area contributed by atoms with Crippen molar-refractivity contribution >= 4 is 17.4 Å². The molecule has 0 aromatic carbocycles. The van der Waals surface area contributed by atoms with E-state index in [0.29, 0.717) is 6.10 Å². The number of pyridine rings is 1. The van der Waals surface area contributed by atoms with Crippen molar-refractivity contribution in [1.29, 1.82) is 0 Å². The number of aromatic nitrogens is 1. The third-order valence-electron chi connectivity index (χ3n) is 2.70. The van der Waals surface area contributed by atoms with Gasteiger partial charge in [-0.15, -0.1) is 11.8 Å². The molecule has 0 amide bonds. The Morgan fingerprint density at radius 3 is 3.12 bits per heavy atom. The number of nitrogen functional groups attached to an aromatic ring is 1. The summed E-state index contributed by atoms with van der Waals surface area (Å²) in [5.41, 5.74) is 6.30. The highest BCUT2D eigenvalue weighted by molar-refractivity contribution is 7.99. The van der Waals surface area contributed by atoms with Crippen LogP contribution in [-0.4, -0.2) is 23.4 Å². The average Bonchev–Trinajstić information content (AvgIpc) is 2.80. The highest BCUT2D eigenvalue weighted by Crippen LogP contribution is 2.21. The quantitative estimate of drug-likeness (QED) is 0.633. The summed E-state index contributed by atoms with van der Waals surface area (Å²) in [7, 11) is 0. The predicted octanol–water partition coefficient (Wildman–Crippen LogP) is 2.72. The summed E-state index contributed by atoms with van der Waals surface area (Å²) in [6.07, 6.45) is 7.08. The topological polar surface area (TPSA) is 48.1 Å². The number of thioether (sulfide) groups is 1. The molecule has 1 atom stereocenters. The van der Waals surface area contributed by atoms with Crippen molar-refractivity contribution in [3.8, 4) is 0 Å². The first kappa shape index (κ1) is 11.7. The average molecular weight is 238 g/mol. The molecule has 2 heterocycles. The Bertz CT molecular complexity index is 309. The molecule has 1 aromatic rings. The molecule has 1 saturated heterocycles. The van der Waals surface area contributed by atoms with Crippen LogP contribution < -0.4 is 5.73 Å². The maximum Gasteiger partial charge on any atom is 0.0961 e. The van der Waals surface area contributed by atoms with Crippen molar-refractivity contribution in [2.45, 2.75) is 36.8 Å². The number of hydrogen-bond acceptors (Lipinski definition) is 4. The summed E-state index contributed by atoms with van der Waals surface area (Å²) in [4.78, 5) is 4.25. The van der Waals surface area contributed by atoms with Gasteiger partial charge >= 0.3 is 0 Å². The van der Waals surface area contributed by atoms with E-state index in [1.165, 1.54) is 25.7 Å². The van der Waals surface area contributed by atoms with Crippen LogP contribution in [0.15, 0.2) is 23.4 Å². The van der Waals surface area contributed by atoms with Crippen molar-refractivity contribution in [1.82, 2.24) is 4.98 Å². The Morgan fingerprint density at radius 1 is 1.50 bits per heavy atom. The van der Waals surface area contributed by atoms with Crippen LogP contribution in [0.2, 0.25) is 0 Å². The molecule has 1 aliphatic rings. The van der Waals surface area contributed by atoms with Crippen LogP contribution in [0.4, 0.5) is 5.69 Å². The molecular weight excluding hydrogens is 220 g/mol. The Hall–Kier alpha value is -0.740. The Balaban J connectivity index is 1.62. The lowest BCUT2D eigenvalue weighted by Crippen LogP contribution is -2.04. The van der Waals surface area contributed by atoms with Crippen LogP contribution in [0.5, 0.6) is 0 Å². The molecule has 2 rings (SSSR count). The summed E-state index contributed by atoms with van der Waals surface area (Å²) < 4.78 is 5.58. The molecule has 88 valence electrons. The normalized spacial score (nSPS) is 20.1.